The van der Waals surface area contributed by atoms with Crippen molar-refractivity contribution in [1.82, 2.24) is 0 Å². The van der Waals surface area contributed by atoms with E-state index >= 15 is 0 Å². The zero-order chi connectivity index (χ0) is 11.5. The van der Waals surface area contributed by atoms with Crippen molar-refractivity contribution in [3.05, 3.63) is 30.3 Å². The zero-order valence-corrected chi connectivity index (χ0v) is 10.5. The minimum atomic E-state index is 1.11. The van der Waals surface area contributed by atoms with Crippen LogP contribution in [-0.4, -0.2) is 6.54 Å². The Morgan fingerprint density at radius 2 is 1.44 bits per heavy atom. The molecule has 0 radical (unpaired) electrons. The molecule has 0 aliphatic heterocycles. The van der Waals surface area contributed by atoms with Crippen molar-refractivity contribution >= 4 is 5.69 Å². The smallest absolute Gasteiger partial charge is 0.0340 e. The van der Waals surface area contributed by atoms with Gasteiger partial charge >= 0.3 is 0 Å². The van der Waals surface area contributed by atoms with Crippen molar-refractivity contribution in [2.75, 3.05) is 11.9 Å². The van der Waals surface area contributed by atoms with Crippen molar-refractivity contribution in [3.8, 4) is 0 Å². The van der Waals surface area contributed by atoms with Gasteiger partial charge in [-0.15, -0.1) is 0 Å². The van der Waals surface area contributed by atoms with Gasteiger partial charge in [0.25, 0.3) is 0 Å². The van der Waals surface area contributed by atoms with Crippen LogP contribution < -0.4 is 5.32 Å². The Balaban J connectivity index is 1.89. The molecule has 0 spiro atoms. The lowest BCUT2D eigenvalue weighted by atomic mass is 10.1. The lowest BCUT2D eigenvalue weighted by molar-refractivity contribution is 0.596. The van der Waals surface area contributed by atoms with Crippen LogP contribution in [0.25, 0.3) is 0 Å². The minimum absolute atomic E-state index is 1.11. The normalized spacial score (nSPS) is 10.3. The molecule has 0 aromatic heterocycles. The van der Waals surface area contributed by atoms with Crippen LogP contribution in [-0.2, 0) is 0 Å². The first kappa shape index (κ1) is 13.1. The Morgan fingerprint density at radius 3 is 2.12 bits per heavy atom. The fraction of sp³-hybridized carbons (Fsp3) is 0.600. The summed E-state index contributed by atoms with van der Waals surface area (Å²) in [7, 11) is 0. The molecule has 0 amide bonds. The molecule has 0 aliphatic rings. The van der Waals surface area contributed by atoms with Crippen LogP contribution in [0.5, 0.6) is 0 Å². The lowest BCUT2D eigenvalue weighted by Crippen LogP contribution is -2.00. The van der Waals surface area contributed by atoms with Gasteiger partial charge in [-0.25, -0.2) is 0 Å². The van der Waals surface area contributed by atoms with E-state index in [1.807, 2.05) is 0 Å². The Morgan fingerprint density at radius 1 is 0.812 bits per heavy atom. The van der Waals surface area contributed by atoms with Crippen molar-refractivity contribution in [1.29, 1.82) is 0 Å². The Bertz CT molecular complexity index is 243. The van der Waals surface area contributed by atoms with E-state index in [1.54, 1.807) is 0 Å². The van der Waals surface area contributed by atoms with Gasteiger partial charge in [-0.05, 0) is 18.6 Å². The quantitative estimate of drug-likeness (QED) is 0.585. The number of unbranched alkanes of at least 4 members (excludes halogenated alkanes) is 6. The number of hydrogen-bond donors (Lipinski definition) is 1. The van der Waals surface area contributed by atoms with Gasteiger partial charge in [-0.1, -0.05) is 63.6 Å². The third kappa shape index (κ3) is 6.49. The van der Waals surface area contributed by atoms with Gasteiger partial charge in [0.05, 0.1) is 0 Å². The molecule has 90 valence electrons. The van der Waals surface area contributed by atoms with Crippen LogP contribution in [0.2, 0.25) is 0 Å². The summed E-state index contributed by atoms with van der Waals surface area (Å²) >= 11 is 0. The van der Waals surface area contributed by atoms with Gasteiger partial charge in [0.2, 0.25) is 0 Å². The van der Waals surface area contributed by atoms with Gasteiger partial charge in [-0.2, -0.15) is 0 Å². The molecule has 1 aromatic carbocycles. The second-order valence-electron chi connectivity index (χ2n) is 4.41. The molecule has 0 saturated heterocycles. The molecule has 1 N–H and O–H groups in total. The molecule has 0 atom stereocenters. The summed E-state index contributed by atoms with van der Waals surface area (Å²) in [4.78, 5) is 0. The number of anilines is 1. The van der Waals surface area contributed by atoms with Crippen molar-refractivity contribution in [3.63, 3.8) is 0 Å². The standard InChI is InChI=1S/C15H25N/c1-2-3-4-5-6-7-11-14-16-15-12-9-8-10-13-15/h8-10,12-13,16H,2-7,11,14H2,1H3. The van der Waals surface area contributed by atoms with Crippen LogP contribution in [0.15, 0.2) is 30.3 Å². The first-order chi connectivity index (χ1) is 7.93. The summed E-state index contributed by atoms with van der Waals surface area (Å²) < 4.78 is 0. The van der Waals surface area contributed by atoms with Crippen LogP contribution in [0.3, 0.4) is 0 Å². The van der Waals surface area contributed by atoms with E-state index in [4.69, 9.17) is 0 Å². The molecule has 0 aliphatic carbocycles. The van der Waals surface area contributed by atoms with Crippen molar-refractivity contribution in [2.45, 2.75) is 51.9 Å². The minimum Gasteiger partial charge on any atom is -0.385 e. The summed E-state index contributed by atoms with van der Waals surface area (Å²) in [6.45, 7) is 3.38. The fourth-order valence-electron chi connectivity index (χ4n) is 1.87. The zero-order valence-electron chi connectivity index (χ0n) is 10.5. The van der Waals surface area contributed by atoms with E-state index in [0.29, 0.717) is 0 Å². The van der Waals surface area contributed by atoms with Crippen LogP contribution in [0.4, 0.5) is 5.69 Å². The number of para-hydroxylation sites is 1. The highest BCUT2D eigenvalue weighted by molar-refractivity contribution is 5.42. The van der Waals surface area contributed by atoms with E-state index in [9.17, 15) is 0 Å². The summed E-state index contributed by atoms with van der Waals surface area (Å²) in [6.07, 6.45) is 9.64. The summed E-state index contributed by atoms with van der Waals surface area (Å²) in [6, 6.07) is 10.5. The third-order valence-corrected chi connectivity index (χ3v) is 2.88. The fourth-order valence-corrected chi connectivity index (χ4v) is 1.87. The molecule has 0 heterocycles. The topological polar surface area (TPSA) is 12.0 Å². The number of nitrogens with one attached hydrogen (secondary N) is 1. The maximum absolute atomic E-state index is 3.45. The predicted molar refractivity (Wildman–Crippen MR) is 72.9 cm³/mol. The van der Waals surface area contributed by atoms with E-state index in [2.05, 4.69) is 42.6 Å². The summed E-state index contributed by atoms with van der Waals surface area (Å²) in [5.41, 5.74) is 1.24. The van der Waals surface area contributed by atoms with E-state index in [1.165, 1.54) is 50.6 Å². The maximum atomic E-state index is 3.45. The SMILES string of the molecule is CCCCCCCCCNc1ccccc1. The average Bonchev–Trinajstić information content (AvgIpc) is 2.34. The number of hydrogen-bond acceptors (Lipinski definition) is 1. The highest BCUT2D eigenvalue weighted by Crippen LogP contribution is 2.08. The predicted octanol–water partition coefficient (Wildman–Crippen LogP) is 4.85. The second-order valence-corrected chi connectivity index (χ2v) is 4.41. The molecule has 16 heavy (non-hydrogen) atoms. The largest absolute Gasteiger partial charge is 0.385 e. The molecule has 1 heteroatoms. The van der Waals surface area contributed by atoms with Crippen molar-refractivity contribution in [2.24, 2.45) is 0 Å². The van der Waals surface area contributed by atoms with Crippen LogP contribution in [0.1, 0.15) is 51.9 Å². The van der Waals surface area contributed by atoms with Crippen molar-refractivity contribution < 1.29 is 0 Å². The van der Waals surface area contributed by atoms with Gasteiger partial charge in [0.15, 0.2) is 0 Å². The maximum Gasteiger partial charge on any atom is 0.0340 e. The molecule has 1 rings (SSSR count). The Hall–Kier alpha value is -0.980. The molecular formula is C15H25N. The molecule has 1 aromatic rings. The van der Waals surface area contributed by atoms with E-state index in [0.717, 1.165) is 6.54 Å². The van der Waals surface area contributed by atoms with Gasteiger partial charge in [0, 0.05) is 12.2 Å². The van der Waals surface area contributed by atoms with Gasteiger partial charge in [0.1, 0.15) is 0 Å². The van der Waals surface area contributed by atoms with Gasteiger partial charge < -0.3 is 5.32 Å². The molecule has 1 nitrogen and oxygen atoms in total. The van der Waals surface area contributed by atoms with Gasteiger partial charge in [-0.3, -0.25) is 0 Å². The van der Waals surface area contributed by atoms with Crippen LogP contribution >= 0.6 is 0 Å². The third-order valence-electron chi connectivity index (χ3n) is 2.88. The summed E-state index contributed by atoms with van der Waals surface area (Å²) in [5.74, 6) is 0. The average molecular weight is 219 g/mol. The first-order valence-corrected chi connectivity index (χ1v) is 6.72. The second kappa shape index (κ2) is 9.26. The van der Waals surface area contributed by atoms with E-state index in [-0.39, 0.29) is 0 Å². The molecule has 0 unspecified atom stereocenters. The molecular weight excluding hydrogens is 194 g/mol. The summed E-state index contributed by atoms with van der Waals surface area (Å²) in [5, 5.41) is 3.45. The number of benzene rings is 1. The first-order valence-electron chi connectivity index (χ1n) is 6.72. The highest BCUT2D eigenvalue weighted by Gasteiger charge is 1.91. The highest BCUT2D eigenvalue weighted by atomic mass is 14.9. The lowest BCUT2D eigenvalue weighted by Gasteiger charge is -2.05. The molecule has 0 saturated carbocycles. The number of rotatable bonds is 9. The monoisotopic (exact) mass is 219 g/mol. The van der Waals surface area contributed by atoms with E-state index < -0.39 is 0 Å². The Kier molecular flexibility index (Phi) is 7.57. The van der Waals surface area contributed by atoms with Crippen LogP contribution in [0, 0.1) is 0 Å². The molecule has 0 bridgehead atoms. The Labute approximate surface area is 100 Å². The molecule has 0 fully saturated rings.